The molecule has 0 aromatic carbocycles. The minimum atomic E-state index is -5.22. The van der Waals surface area contributed by atoms with Crippen molar-refractivity contribution in [1.29, 1.82) is 0 Å². The molecule has 11 nitrogen and oxygen atoms in total. The number of imidazole rings is 1. The molecule has 0 radical (unpaired) electrons. The number of alkyl halides is 4. The van der Waals surface area contributed by atoms with Crippen LogP contribution in [-0.2, 0) is 30.3 Å². The summed E-state index contributed by atoms with van der Waals surface area (Å²) in [5.41, 5.74) is 4.78. The van der Waals surface area contributed by atoms with E-state index in [1.807, 2.05) is 0 Å². The van der Waals surface area contributed by atoms with Crippen LogP contribution in [0.3, 0.4) is 0 Å². The van der Waals surface area contributed by atoms with Gasteiger partial charge in [0.05, 0.1) is 6.20 Å². The largest absolute Gasteiger partial charge is 0.454 e. The molecule has 3 heterocycles. The number of esters is 2. The van der Waals surface area contributed by atoms with Crippen molar-refractivity contribution in [2.24, 2.45) is 0 Å². The fourth-order valence-electron chi connectivity index (χ4n) is 3.66. The van der Waals surface area contributed by atoms with Crippen LogP contribution in [0.4, 0.5) is 23.5 Å². The zero-order valence-corrected chi connectivity index (χ0v) is 17.7. The Kier molecular flexibility index (Phi) is 6.63. The molecule has 1 aliphatic rings. The van der Waals surface area contributed by atoms with E-state index in [-0.39, 0.29) is 23.7 Å². The highest BCUT2D eigenvalue weighted by atomic mass is 19.4. The maximum Gasteiger partial charge on any atom is 0.428 e. The van der Waals surface area contributed by atoms with Gasteiger partial charge in [-0.1, -0.05) is 6.92 Å². The summed E-state index contributed by atoms with van der Waals surface area (Å²) in [5, 5.41) is 0. The topological polar surface area (TPSA) is 141 Å². The van der Waals surface area contributed by atoms with Gasteiger partial charge in [-0.2, -0.15) is 18.2 Å². The van der Waals surface area contributed by atoms with Crippen molar-refractivity contribution < 1.29 is 41.4 Å². The van der Waals surface area contributed by atoms with E-state index < -0.39 is 54.5 Å². The summed E-state index contributed by atoms with van der Waals surface area (Å²) >= 11 is 0. The highest BCUT2D eigenvalue weighted by Gasteiger charge is 2.60. The molecule has 4 unspecified atom stereocenters. The second kappa shape index (κ2) is 8.96. The van der Waals surface area contributed by atoms with Gasteiger partial charge in [0.2, 0.25) is 12.1 Å². The number of hydrogen-bond donors (Lipinski definition) is 1. The van der Waals surface area contributed by atoms with Gasteiger partial charge in [0.1, 0.15) is 11.6 Å². The Balaban J connectivity index is 2.18. The quantitative estimate of drug-likeness (QED) is 0.479. The van der Waals surface area contributed by atoms with Crippen molar-refractivity contribution in [2.75, 3.05) is 5.73 Å². The first-order valence-electron chi connectivity index (χ1n) is 9.80. The zero-order chi connectivity index (χ0) is 24.7. The first-order valence-corrected chi connectivity index (χ1v) is 9.80. The van der Waals surface area contributed by atoms with Crippen molar-refractivity contribution in [3.8, 4) is 0 Å². The van der Waals surface area contributed by atoms with Crippen molar-refractivity contribution in [2.45, 2.75) is 70.6 Å². The summed E-state index contributed by atoms with van der Waals surface area (Å²) in [6, 6.07) is 0. The molecule has 2 aromatic heterocycles. The summed E-state index contributed by atoms with van der Waals surface area (Å²) in [5.74, 6) is -2.64. The number of hydrogen-bond acceptors (Lipinski definition) is 9. The predicted octanol–water partition coefficient (Wildman–Crippen LogP) is 1.25. The van der Waals surface area contributed by atoms with Crippen LogP contribution < -0.4 is 11.4 Å². The number of ether oxygens (including phenoxy) is 3. The second-order valence-electron chi connectivity index (χ2n) is 7.32. The van der Waals surface area contributed by atoms with Crippen LogP contribution in [0.25, 0.3) is 11.2 Å². The number of nitrogens with two attached hydrogens (primary N) is 1. The van der Waals surface area contributed by atoms with E-state index in [9.17, 15) is 27.6 Å². The number of halogens is 4. The number of nitrogens with zero attached hydrogens (tertiary/aromatic N) is 4. The SMILES string of the molecule is CCCn1c(=O)n(C2OC([C@@H](OC(C)=O)C(F)(F)F)C(F)C2OC(C)=O)c2nc(N)ncc21. The third kappa shape index (κ3) is 4.62. The van der Waals surface area contributed by atoms with Crippen molar-refractivity contribution in [3.05, 3.63) is 16.7 Å². The lowest BCUT2D eigenvalue weighted by Crippen LogP contribution is -2.47. The predicted molar refractivity (Wildman–Crippen MR) is 102 cm³/mol. The van der Waals surface area contributed by atoms with E-state index in [0.29, 0.717) is 13.3 Å². The van der Waals surface area contributed by atoms with Gasteiger partial charge in [0.25, 0.3) is 0 Å². The molecule has 0 aliphatic carbocycles. The Morgan fingerprint density at radius 1 is 1.30 bits per heavy atom. The lowest BCUT2D eigenvalue weighted by molar-refractivity contribution is -0.252. The lowest BCUT2D eigenvalue weighted by Gasteiger charge is -2.26. The van der Waals surface area contributed by atoms with E-state index in [1.54, 1.807) is 6.92 Å². The fraction of sp³-hybridized carbons (Fsp3) is 0.611. The van der Waals surface area contributed by atoms with Crippen LogP contribution in [0.1, 0.15) is 33.4 Å². The first-order chi connectivity index (χ1) is 15.4. The summed E-state index contributed by atoms with van der Waals surface area (Å²) in [6.45, 7) is 3.56. The molecule has 5 atom stereocenters. The second-order valence-corrected chi connectivity index (χ2v) is 7.32. The van der Waals surface area contributed by atoms with Crippen LogP contribution in [0.5, 0.6) is 0 Å². The molecule has 33 heavy (non-hydrogen) atoms. The molecule has 0 saturated carbocycles. The summed E-state index contributed by atoms with van der Waals surface area (Å²) in [6.07, 6.45) is -15.4. The molecular formula is C18H21F4N5O6. The van der Waals surface area contributed by atoms with Gasteiger partial charge in [-0.3, -0.25) is 14.2 Å². The number of aromatic nitrogens is 4. The normalized spacial score (nSPS) is 24.1. The Morgan fingerprint density at radius 2 is 1.97 bits per heavy atom. The van der Waals surface area contributed by atoms with Crippen LogP contribution in [0, 0.1) is 0 Å². The smallest absolute Gasteiger partial charge is 0.428 e. The third-order valence-corrected chi connectivity index (χ3v) is 4.85. The van der Waals surface area contributed by atoms with Crippen LogP contribution in [-0.4, -0.2) is 61.7 Å². The number of aryl methyl sites for hydroxylation is 1. The molecule has 15 heteroatoms. The molecule has 182 valence electrons. The summed E-state index contributed by atoms with van der Waals surface area (Å²) in [4.78, 5) is 43.7. The molecule has 1 aliphatic heterocycles. The Morgan fingerprint density at radius 3 is 2.52 bits per heavy atom. The molecule has 3 rings (SSSR count). The lowest BCUT2D eigenvalue weighted by atomic mass is 10.1. The maximum absolute atomic E-state index is 15.3. The standard InChI is InChI=1S/C18H21F4N5O6/c1-4-5-26-9-6-24-16(23)25-14(9)27(17(26)30)15-12(31-7(2)28)10(19)11(33-15)13(18(20,21)22)32-8(3)29/h6,10-13,15H,4-5H2,1-3H3,(H2,23,24,25)/t10?,11?,12?,13-,15?/m1/s1. The number of anilines is 1. The maximum atomic E-state index is 15.3. The Hall–Kier alpha value is -3.23. The zero-order valence-electron chi connectivity index (χ0n) is 17.7. The van der Waals surface area contributed by atoms with Gasteiger partial charge in [0, 0.05) is 20.4 Å². The fourth-order valence-corrected chi connectivity index (χ4v) is 3.66. The van der Waals surface area contributed by atoms with E-state index in [4.69, 9.17) is 15.2 Å². The number of carbonyl (C=O) groups is 2. The summed E-state index contributed by atoms with van der Waals surface area (Å²) in [7, 11) is 0. The molecule has 2 aromatic rings. The number of rotatable bonds is 6. The van der Waals surface area contributed by atoms with E-state index >= 15 is 4.39 Å². The number of nitrogen functional groups attached to an aromatic ring is 1. The molecule has 0 bridgehead atoms. The van der Waals surface area contributed by atoms with Gasteiger partial charge >= 0.3 is 23.8 Å². The molecule has 1 fully saturated rings. The van der Waals surface area contributed by atoms with Gasteiger partial charge in [-0.25, -0.2) is 18.7 Å². The summed E-state index contributed by atoms with van der Waals surface area (Å²) < 4.78 is 72.4. The molecule has 1 saturated heterocycles. The van der Waals surface area contributed by atoms with Crippen molar-refractivity contribution in [1.82, 2.24) is 19.1 Å². The minimum Gasteiger partial charge on any atom is -0.454 e. The van der Waals surface area contributed by atoms with Crippen LogP contribution in [0.2, 0.25) is 0 Å². The Bertz CT molecular complexity index is 1120. The number of carbonyl (C=O) groups excluding carboxylic acids is 2. The minimum absolute atomic E-state index is 0.160. The van der Waals surface area contributed by atoms with Crippen molar-refractivity contribution in [3.63, 3.8) is 0 Å². The van der Waals surface area contributed by atoms with Gasteiger partial charge in [-0.15, -0.1) is 0 Å². The molecular weight excluding hydrogens is 458 g/mol. The average molecular weight is 479 g/mol. The molecule has 0 spiro atoms. The van der Waals surface area contributed by atoms with Crippen molar-refractivity contribution >= 4 is 29.1 Å². The highest BCUT2D eigenvalue weighted by molar-refractivity contribution is 5.72. The van der Waals surface area contributed by atoms with Gasteiger partial charge in [0.15, 0.2) is 24.2 Å². The average Bonchev–Trinajstić information content (AvgIpc) is 3.13. The first kappa shape index (κ1) is 24.4. The van der Waals surface area contributed by atoms with E-state index in [0.717, 1.165) is 11.5 Å². The van der Waals surface area contributed by atoms with Crippen LogP contribution in [0.15, 0.2) is 11.0 Å². The van der Waals surface area contributed by atoms with E-state index in [1.165, 1.54) is 10.8 Å². The Labute approximate surface area is 183 Å². The third-order valence-electron chi connectivity index (χ3n) is 4.85. The van der Waals surface area contributed by atoms with Gasteiger partial charge in [-0.05, 0) is 6.42 Å². The van der Waals surface area contributed by atoms with Gasteiger partial charge < -0.3 is 19.9 Å². The molecule has 0 amide bonds. The molecule has 2 N–H and O–H groups in total. The number of fused-ring (bicyclic) bond motifs is 1. The van der Waals surface area contributed by atoms with Crippen LogP contribution >= 0.6 is 0 Å². The van der Waals surface area contributed by atoms with E-state index in [2.05, 4.69) is 14.7 Å². The highest BCUT2D eigenvalue weighted by Crippen LogP contribution is 2.41. The monoisotopic (exact) mass is 479 g/mol.